The summed E-state index contributed by atoms with van der Waals surface area (Å²) >= 11 is 7.33. The maximum Gasteiger partial charge on any atom is 0.307 e. The Labute approximate surface area is 163 Å². The summed E-state index contributed by atoms with van der Waals surface area (Å²) in [5, 5.41) is 4.21. The van der Waals surface area contributed by atoms with E-state index in [0.717, 1.165) is 11.3 Å². The summed E-state index contributed by atoms with van der Waals surface area (Å²) in [7, 11) is 0. The molecule has 7 heteroatoms. The van der Waals surface area contributed by atoms with Gasteiger partial charge in [-0.3, -0.25) is 9.59 Å². The highest BCUT2D eigenvalue weighted by Gasteiger charge is 2.36. The largest absolute Gasteiger partial charge is 0.430 e. The van der Waals surface area contributed by atoms with Crippen LogP contribution in [-0.2, 0) is 25.8 Å². The first-order chi connectivity index (χ1) is 12.2. The van der Waals surface area contributed by atoms with E-state index in [-0.39, 0.29) is 17.8 Å². The minimum absolute atomic E-state index is 0.0625. The molecule has 142 valence electrons. The van der Waals surface area contributed by atoms with Gasteiger partial charge in [-0.05, 0) is 24.0 Å². The van der Waals surface area contributed by atoms with Crippen molar-refractivity contribution in [2.75, 3.05) is 0 Å². The normalized spacial score (nSPS) is 17.4. The highest BCUT2D eigenvalue weighted by Crippen LogP contribution is 2.38. The summed E-state index contributed by atoms with van der Waals surface area (Å²) in [5.41, 5.74) is 0.676. The Bertz CT molecular complexity index is 748. The molecule has 1 heterocycles. The van der Waals surface area contributed by atoms with Crippen LogP contribution in [0.4, 0.5) is 0 Å². The number of halogens is 1. The van der Waals surface area contributed by atoms with Crippen LogP contribution in [0.5, 0.6) is 0 Å². The zero-order chi connectivity index (χ0) is 19.3. The van der Waals surface area contributed by atoms with Gasteiger partial charge in [0.1, 0.15) is 5.76 Å². The molecular formula is C19H24ClNO4S. The number of ketones is 1. The van der Waals surface area contributed by atoms with Gasteiger partial charge in [0.25, 0.3) is 0 Å². The number of ether oxygens (including phenoxy) is 1. The maximum absolute atomic E-state index is 12.8. The first-order valence-corrected chi connectivity index (χ1v) is 9.79. The first-order valence-electron chi connectivity index (χ1n) is 8.60. The lowest BCUT2D eigenvalue weighted by Gasteiger charge is -2.31. The molecule has 0 saturated carbocycles. The van der Waals surface area contributed by atoms with Crippen molar-refractivity contribution in [3.05, 3.63) is 32.7 Å². The van der Waals surface area contributed by atoms with Crippen molar-refractivity contribution in [1.82, 2.24) is 0 Å². The Morgan fingerprint density at radius 1 is 1.35 bits per heavy atom. The molecule has 1 aromatic heterocycles. The smallest absolute Gasteiger partial charge is 0.307 e. The zero-order valence-corrected chi connectivity index (χ0v) is 17.1. The van der Waals surface area contributed by atoms with E-state index in [9.17, 15) is 9.59 Å². The van der Waals surface area contributed by atoms with E-state index in [2.05, 4.69) is 5.16 Å². The third kappa shape index (κ3) is 5.68. The van der Waals surface area contributed by atoms with E-state index < -0.39 is 5.97 Å². The van der Waals surface area contributed by atoms with Gasteiger partial charge in [-0.15, -0.1) is 11.3 Å². The summed E-state index contributed by atoms with van der Waals surface area (Å²) in [5.74, 6) is -0.103. The van der Waals surface area contributed by atoms with Gasteiger partial charge in [-0.2, -0.15) is 0 Å². The minimum Gasteiger partial charge on any atom is -0.430 e. The molecule has 0 N–H and O–H groups in total. The second-order valence-electron chi connectivity index (χ2n) is 7.10. The van der Waals surface area contributed by atoms with Crippen molar-refractivity contribution >= 4 is 40.4 Å². The molecule has 26 heavy (non-hydrogen) atoms. The Balaban J connectivity index is 2.30. The van der Waals surface area contributed by atoms with Gasteiger partial charge < -0.3 is 9.57 Å². The summed E-state index contributed by atoms with van der Waals surface area (Å²) < 4.78 is 6.06. The van der Waals surface area contributed by atoms with Crippen molar-refractivity contribution in [2.45, 2.75) is 60.0 Å². The number of carbonyl (C=O) groups is 2. The number of carbonyl (C=O) groups excluding carboxylic acids is 2. The minimum atomic E-state index is -0.437. The van der Waals surface area contributed by atoms with Gasteiger partial charge in [-0.1, -0.05) is 43.9 Å². The molecule has 2 rings (SSSR count). The number of rotatable bonds is 7. The molecule has 0 atom stereocenters. The molecule has 0 saturated heterocycles. The number of thiophene rings is 1. The predicted molar refractivity (Wildman–Crippen MR) is 103 cm³/mol. The molecule has 0 aliphatic heterocycles. The van der Waals surface area contributed by atoms with Crippen LogP contribution in [0.15, 0.2) is 28.6 Å². The van der Waals surface area contributed by atoms with Crippen LogP contribution in [0, 0.1) is 5.41 Å². The summed E-state index contributed by atoms with van der Waals surface area (Å²) in [6.07, 6.45) is 2.26. The lowest BCUT2D eigenvalue weighted by molar-refractivity contribution is -0.137. The molecule has 0 radical (unpaired) electrons. The van der Waals surface area contributed by atoms with E-state index in [1.807, 2.05) is 26.8 Å². The lowest BCUT2D eigenvalue weighted by atomic mass is 9.75. The quantitative estimate of drug-likeness (QED) is 0.356. The van der Waals surface area contributed by atoms with Crippen LogP contribution in [0.1, 0.15) is 58.3 Å². The van der Waals surface area contributed by atoms with Crippen molar-refractivity contribution in [3.8, 4) is 0 Å². The van der Waals surface area contributed by atoms with Crippen LogP contribution < -0.4 is 0 Å². The summed E-state index contributed by atoms with van der Waals surface area (Å²) in [4.78, 5) is 30.7. The second kappa shape index (κ2) is 8.82. The fourth-order valence-electron chi connectivity index (χ4n) is 2.90. The molecule has 1 aliphatic carbocycles. The third-order valence-electron chi connectivity index (χ3n) is 3.89. The highest BCUT2D eigenvalue weighted by atomic mass is 35.5. The fourth-order valence-corrected chi connectivity index (χ4v) is 3.90. The van der Waals surface area contributed by atoms with Gasteiger partial charge in [-0.25, -0.2) is 0 Å². The molecule has 0 bridgehead atoms. The molecule has 5 nitrogen and oxygen atoms in total. The molecular weight excluding hydrogens is 374 g/mol. The van der Waals surface area contributed by atoms with Crippen molar-refractivity contribution in [1.29, 1.82) is 0 Å². The van der Waals surface area contributed by atoms with Crippen molar-refractivity contribution in [2.24, 2.45) is 10.6 Å². The maximum atomic E-state index is 12.8. The van der Waals surface area contributed by atoms with Crippen LogP contribution in [0.3, 0.4) is 0 Å². The van der Waals surface area contributed by atoms with E-state index in [0.29, 0.717) is 40.6 Å². The van der Waals surface area contributed by atoms with Crippen LogP contribution in [0.25, 0.3) is 0 Å². The average Bonchev–Trinajstić information content (AvgIpc) is 2.90. The lowest BCUT2D eigenvalue weighted by Crippen LogP contribution is -2.30. The average molecular weight is 398 g/mol. The Morgan fingerprint density at radius 3 is 2.65 bits per heavy atom. The van der Waals surface area contributed by atoms with Crippen LogP contribution in [-0.4, -0.2) is 17.5 Å². The SMILES string of the molecule is CCC/C(=N\OCc1ccc(Cl)s1)C1=C(OC(C)=O)CC(C)(C)CC1=O. The van der Waals surface area contributed by atoms with Gasteiger partial charge in [0.2, 0.25) is 0 Å². The highest BCUT2D eigenvalue weighted by molar-refractivity contribution is 7.16. The molecule has 0 aromatic carbocycles. The monoisotopic (exact) mass is 397 g/mol. The van der Waals surface area contributed by atoms with E-state index in [4.69, 9.17) is 21.2 Å². The standard InChI is InChI=1S/C19H24ClNO4S/c1-5-6-14(21-24-11-13-7-8-17(20)26-13)18-15(23)9-19(3,4)10-16(18)25-12(2)22/h7-8H,5-6,9-11H2,1-4H3/b21-14+. The van der Waals surface area contributed by atoms with Gasteiger partial charge in [0.15, 0.2) is 12.4 Å². The zero-order valence-electron chi connectivity index (χ0n) is 15.6. The predicted octanol–water partition coefficient (Wildman–Crippen LogP) is 5.28. The number of esters is 1. The molecule has 1 aliphatic rings. The second-order valence-corrected chi connectivity index (χ2v) is 8.90. The number of hydrogen-bond acceptors (Lipinski definition) is 6. The number of nitrogens with zero attached hydrogens (tertiary/aromatic N) is 1. The molecule has 0 amide bonds. The van der Waals surface area contributed by atoms with Crippen molar-refractivity contribution in [3.63, 3.8) is 0 Å². The number of oxime groups is 1. The van der Waals surface area contributed by atoms with Crippen LogP contribution >= 0.6 is 22.9 Å². The van der Waals surface area contributed by atoms with E-state index >= 15 is 0 Å². The third-order valence-corrected chi connectivity index (χ3v) is 5.09. The molecule has 0 unspecified atom stereocenters. The molecule has 0 fully saturated rings. The van der Waals surface area contributed by atoms with Crippen molar-refractivity contribution < 1.29 is 19.2 Å². The molecule has 1 aromatic rings. The number of hydrogen-bond donors (Lipinski definition) is 0. The Hall–Kier alpha value is -1.66. The van der Waals surface area contributed by atoms with Gasteiger partial charge in [0.05, 0.1) is 15.6 Å². The van der Waals surface area contributed by atoms with Gasteiger partial charge >= 0.3 is 5.97 Å². The number of Topliss-reactive ketones (excluding diaryl/α,β-unsaturated/α-hetero) is 1. The summed E-state index contributed by atoms with van der Waals surface area (Å²) in [6, 6.07) is 3.68. The van der Waals surface area contributed by atoms with E-state index in [1.165, 1.54) is 18.3 Å². The van der Waals surface area contributed by atoms with Crippen LogP contribution in [0.2, 0.25) is 4.34 Å². The Kier molecular flexibility index (Phi) is 7.01. The number of allylic oxidation sites excluding steroid dienone is 2. The Morgan fingerprint density at radius 2 is 2.08 bits per heavy atom. The fraction of sp³-hybridized carbons (Fsp3) is 0.526. The summed E-state index contributed by atoms with van der Waals surface area (Å²) in [6.45, 7) is 7.58. The first kappa shape index (κ1) is 20.6. The topological polar surface area (TPSA) is 65.0 Å². The molecule has 0 spiro atoms. The van der Waals surface area contributed by atoms with Gasteiger partial charge in [0, 0.05) is 24.6 Å². The van der Waals surface area contributed by atoms with E-state index in [1.54, 1.807) is 6.07 Å².